The summed E-state index contributed by atoms with van der Waals surface area (Å²) in [7, 11) is 0.889. The van der Waals surface area contributed by atoms with E-state index >= 15 is 0 Å². The number of carbonyl (C=O) groups is 1. The van der Waals surface area contributed by atoms with Crippen LogP contribution in [0.1, 0.15) is 32.1 Å². The Morgan fingerprint density at radius 1 is 1.21 bits per heavy atom. The van der Waals surface area contributed by atoms with Gasteiger partial charge in [0.05, 0.1) is 30.8 Å². The summed E-state index contributed by atoms with van der Waals surface area (Å²) in [5.41, 5.74) is 0.391. The van der Waals surface area contributed by atoms with Gasteiger partial charge >= 0.3 is 0 Å². The van der Waals surface area contributed by atoms with Crippen molar-refractivity contribution in [3.63, 3.8) is 0 Å². The van der Waals surface area contributed by atoms with E-state index in [0.29, 0.717) is 18.0 Å². The van der Waals surface area contributed by atoms with Gasteiger partial charge < -0.3 is 15.0 Å². The van der Waals surface area contributed by atoms with E-state index < -0.39 is 10.0 Å². The Morgan fingerprint density at radius 2 is 1.93 bits per heavy atom. The maximum Gasteiger partial charge on any atom is 0.279 e. The first kappa shape index (κ1) is 21.1. The average molecular weight is 411 g/mol. The zero-order chi connectivity index (χ0) is 20.3. The monoisotopic (exact) mass is 410 g/mol. The highest BCUT2D eigenvalue weighted by Crippen LogP contribution is 2.32. The number of ether oxygens (including phenoxy) is 1. The summed E-state index contributed by atoms with van der Waals surface area (Å²) < 4.78 is 31.2. The topological polar surface area (TPSA) is 80.2 Å². The fraction of sp³-hybridized carbons (Fsp3) is 0.650. The fourth-order valence-corrected chi connectivity index (χ4v) is 5.46. The minimum absolute atomic E-state index is 0.109. The van der Waals surface area contributed by atoms with Crippen LogP contribution in [0, 0.1) is 11.8 Å². The number of likely N-dealkylation sites (tertiary alicyclic amines) is 1. The molecule has 28 heavy (non-hydrogen) atoms. The van der Waals surface area contributed by atoms with Gasteiger partial charge in [-0.05, 0) is 43.4 Å². The van der Waals surface area contributed by atoms with Crippen LogP contribution in [0.15, 0.2) is 23.1 Å². The molecule has 8 heteroatoms. The van der Waals surface area contributed by atoms with Gasteiger partial charge in [0.2, 0.25) is 10.0 Å². The SMILES string of the molecule is COc1ccc(S(=O)(=O)N(C)C)cc1NC(=O)C[NH+]1CC[C@@H]2CCCC[C@@H]2C1. The normalized spacial score (nSPS) is 25.2. The number of amides is 1. The van der Waals surface area contributed by atoms with Crippen molar-refractivity contribution in [2.24, 2.45) is 11.8 Å². The molecule has 156 valence electrons. The predicted molar refractivity (Wildman–Crippen MR) is 108 cm³/mol. The number of quaternary nitrogens is 1. The van der Waals surface area contributed by atoms with Crippen LogP contribution in [-0.4, -0.2) is 59.5 Å². The number of nitrogens with zero attached hydrogens (tertiary/aromatic N) is 1. The molecule has 1 unspecified atom stereocenters. The highest BCUT2D eigenvalue weighted by atomic mass is 32.2. The predicted octanol–water partition coefficient (Wildman–Crippen LogP) is 0.979. The van der Waals surface area contributed by atoms with Crippen LogP contribution < -0.4 is 15.0 Å². The maximum atomic E-state index is 12.7. The molecule has 2 fully saturated rings. The van der Waals surface area contributed by atoms with E-state index in [9.17, 15) is 13.2 Å². The zero-order valence-corrected chi connectivity index (χ0v) is 17.8. The first-order valence-corrected chi connectivity index (χ1v) is 11.5. The molecule has 0 spiro atoms. The zero-order valence-electron chi connectivity index (χ0n) is 17.0. The van der Waals surface area contributed by atoms with E-state index in [2.05, 4.69) is 5.32 Å². The van der Waals surface area contributed by atoms with Gasteiger partial charge in [-0.15, -0.1) is 0 Å². The molecule has 2 N–H and O–H groups in total. The number of carbonyl (C=O) groups excluding carboxylic acids is 1. The van der Waals surface area contributed by atoms with Gasteiger partial charge in [0.1, 0.15) is 5.75 Å². The summed E-state index contributed by atoms with van der Waals surface area (Å²) in [6.45, 7) is 2.49. The number of piperidine rings is 1. The van der Waals surface area contributed by atoms with Crippen LogP contribution in [0.25, 0.3) is 0 Å². The first-order valence-electron chi connectivity index (χ1n) is 10.0. The van der Waals surface area contributed by atoms with Gasteiger partial charge in [-0.2, -0.15) is 0 Å². The summed E-state index contributed by atoms with van der Waals surface area (Å²) >= 11 is 0. The van der Waals surface area contributed by atoms with E-state index in [1.807, 2.05) is 0 Å². The summed E-state index contributed by atoms with van der Waals surface area (Å²) in [5.74, 6) is 1.93. The quantitative estimate of drug-likeness (QED) is 0.733. The van der Waals surface area contributed by atoms with Crippen molar-refractivity contribution < 1.29 is 22.8 Å². The number of fused-ring (bicyclic) bond motifs is 1. The molecule has 3 rings (SSSR count). The number of hydrogen-bond donors (Lipinski definition) is 2. The number of sulfonamides is 1. The maximum absolute atomic E-state index is 12.7. The molecule has 1 saturated carbocycles. The molecule has 1 aliphatic carbocycles. The second-order valence-corrected chi connectivity index (χ2v) is 10.3. The Hall–Kier alpha value is -1.64. The lowest BCUT2D eigenvalue weighted by molar-refractivity contribution is -0.902. The van der Waals surface area contributed by atoms with Gasteiger partial charge in [0.25, 0.3) is 5.91 Å². The van der Waals surface area contributed by atoms with Gasteiger partial charge in [0.15, 0.2) is 6.54 Å². The van der Waals surface area contributed by atoms with Crippen molar-refractivity contribution in [2.45, 2.75) is 37.0 Å². The van der Waals surface area contributed by atoms with Gasteiger partial charge in [0, 0.05) is 20.0 Å². The van der Waals surface area contributed by atoms with Crippen LogP contribution in [0.4, 0.5) is 5.69 Å². The van der Waals surface area contributed by atoms with E-state index in [0.717, 1.165) is 29.2 Å². The summed E-state index contributed by atoms with van der Waals surface area (Å²) in [6, 6.07) is 4.53. The summed E-state index contributed by atoms with van der Waals surface area (Å²) in [6.07, 6.45) is 6.49. The third-order valence-corrected chi connectivity index (χ3v) is 7.93. The third-order valence-electron chi connectivity index (χ3n) is 6.12. The van der Waals surface area contributed by atoms with Crippen LogP contribution in [0.3, 0.4) is 0 Å². The van der Waals surface area contributed by atoms with Gasteiger partial charge in [-0.25, -0.2) is 12.7 Å². The van der Waals surface area contributed by atoms with Crippen LogP contribution in [0.5, 0.6) is 5.75 Å². The Kier molecular flexibility index (Phi) is 6.62. The molecule has 1 aliphatic heterocycles. The highest BCUT2D eigenvalue weighted by molar-refractivity contribution is 7.89. The lowest BCUT2D eigenvalue weighted by atomic mass is 9.75. The number of hydrogen-bond acceptors (Lipinski definition) is 4. The van der Waals surface area contributed by atoms with Gasteiger partial charge in [-0.3, -0.25) is 4.79 Å². The Bertz CT molecular complexity index is 810. The Balaban J connectivity index is 1.67. The summed E-state index contributed by atoms with van der Waals surface area (Å²) in [5, 5.41) is 2.86. The minimum Gasteiger partial charge on any atom is -0.495 e. The average Bonchev–Trinajstić information content (AvgIpc) is 2.67. The number of rotatable bonds is 6. The number of nitrogens with one attached hydrogen (secondary N) is 2. The number of methoxy groups -OCH3 is 1. The molecule has 1 saturated heterocycles. The molecule has 1 heterocycles. The number of benzene rings is 1. The van der Waals surface area contributed by atoms with Crippen molar-refractivity contribution in [3.05, 3.63) is 18.2 Å². The molecule has 2 aliphatic rings. The molecule has 0 bridgehead atoms. The van der Waals surface area contributed by atoms with E-state index in [1.165, 1.54) is 70.3 Å². The lowest BCUT2D eigenvalue weighted by Crippen LogP contribution is -3.15. The van der Waals surface area contributed by atoms with Crippen molar-refractivity contribution in [1.82, 2.24) is 4.31 Å². The molecular weight excluding hydrogens is 378 g/mol. The second kappa shape index (κ2) is 8.80. The molecule has 0 radical (unpaired) electrons. The third kappa shape index (κ3) is 4.67. The molecule has 1 aromatic carbocycles. The molecular formula is C20H32N3O4S+. The largest absolute Gasteiger partial charge is 0.495 e. The second-order valence-electron chi connectivity index (χ2n) is 8.17. The van der Waals surface area contributed by atoms with Crippen molar-refractivity contribution in [3.8, 4) is 5.75 Å². The van der Waals surface area contributed by atoms with Crippen LogP contribution in [0.2, 0.25) is 0 Å². The standard InChI is InChI=1S/C20H31N3O4S/c1-22(2)28(25,26)17-8-9-19(27-3)18(12-17)21-20(24)14-23-11-10-15-6-4-5-7-16(15)13-23/h8-9,12,15-16H,4-7,10-11,13-14H2,1-3H3,(H,21,24)/p+1/t15-,16+/m0/s1. The molecule has 7 nitrogen and oxygen atoms in total. The minimum atomic E-state index is -3.58. The van der Waals surface area contributed by atoms with Crippen molar-refractivity contribution >= 4 is 21.6 Å². The lowest BCUT2D eigenvalue weighted by Gasteiger charge is -2.38. The molecule has 1 amide bonds. The molecule has 1 aromatic rings. The summed E-state index contributed by atoms with van der Waals surface area (Å²) in [4.78, 5) is 14.1. The Labute approximate surface area is 168 Å². The fourth-order valence-electron chi connectivity index (χ4n) is 4.53. The van der Waals surface area contributed by atoms with E-state index in [-0.39, 0.29) is 10.8 Å². The smallest absolute Gasteiger partial charge is 0.279 e. The number of anilines is 1. The van der Waals surface area contributed by atoms with Crippen LogP contribution >= 0.6 is 0 Å². The van der Waals surface area contributed by atoms with E-state index in [1.54, 1.807) is 6.07 Å². The van der Waals surface area contributed by atoms with Crippen LogP contribution in [-0.2, 0) is 14.8 Å². The van der Waals surface area contributed by atoms with E-state index in [4.69, 9.17) is 4.74 Å². The van der Waals surface area contributed by atoms with Crippen molar-refractivity contribution in [2.75, 3.05) is 46.2 Å². The molecule has 3 atom stereocenters. The Morgan fingerprint density at radius 3 is 2.61 bits per heavy atom. The highest BCUT2D eigenvalue weighted by Gasteiger charge is 2.34. The first-order chi connectivity index (χ1) is 13.3. The molecule has 0 aromatic heterocycles. The van der Waals surface area contributed by atoms with Gasteiger partial charge in [-0.1, -0.05) is 12.8 Å². The van der Waals surface area contributed by atoms with Crippen molar-refractivity contribution in [1.29, 1.82) is 0 Å².